The molecular weight excluding hydrogens is 480 g/mol. The highest BCUT2D eigenvalue weighted by Crippen LogP contribution is 2.28. The van der Waals surface area contributed by atoms with Gasteiger partial charge in [0.05, 0.1) is 27.7 Å². The fraction of sp³-hybridized carbons (Fsp3) is 0.375. The summed E-state index contributed by atoms with van der Waals surface area (Å²) in [6.45, 7) is 3.35. The van der Waals surface area contributed by atoms with E-state index in [0.29, 0.717) is 26.9 Å². The number of amides is 1. The molecule has 1 saturated heterocycles. The molecule has 0 aromatic carbocycles. The second kappa shape index (κ2) is 9.03. The molecule has 0 unspecified atom stereocenters. The summed E-state index contributed by atoms with van der Waals surface area (Å²) in [6, 6.07) is 5.97. The number of hydrogen-bond donors (Lipinski definition) is 3. The van der Waals surface area contributed by atoms with Crippen LogP contribution >= 0.6 is 11.3 Å². The molecule has 0 radical (unpaired) electrons. The molecule has 5 heterocycles. The molecule has 0 atom stereocenters. The molecule has 6 rings (SSSR count). The lowest BCUT2D eigenvalue weighted by Gasteiger charge is -2.19. The Morgan fingerprint density at radius 1 is 1.22 bits per heavy atom. The van der Waals surface area contributed by atoms with Crippen LogP contribution in [-0.4, -0.2) is 84.6 Å². The predicted molar refractivity (Wildman–Crippen MR) is 135 cm³/mol. The van der Waals surface area contributed by atoms with Crippen LogP contribution < -0.4 is 16.4 Å². The molecule has 1 aliphatic carbocycles. The zero-order valence-electron chi connectivity index (χ0n) is 19.8. The Morgan fingerprint density at radius 2 is 2.08 bits per heavy atom. The van der Waals surface area contributed by atoms with E-state index in [1.54, 1.807) is 16.8 Å². The van der Waals surface area contributed by atoms with Gasteiger partial charge in [-0.05, 0) is 51.1 Å². The van der Waals surface area contributed by atoms with Crippen LogP contribution in [0.1, 0.15) is 34.6 Å². The van der Waals surface area contributed by atoms with Gasteiger partial charge in [-0.15, -0.1) is 11.3 Å². The molecule has 0 bridgehead atoms. The number of nitrogens with zero attached hydrogens (tertiary/aromatic N) is 6. The van der Waals surface area contributed by atoms with Gasteiger partial charge >= 0.3 is 5.69 Å². The molecule has 1 saturated carbocycles. The van der Waals surface area contributed by atoms with E-state index in [4.69, 9.17) is 9.98 Å². The van der Waals surface area contributed by atoms with Crippen molar-refractivity contribution in [1.29, 1.82) is 0 Å². The summed E-state index contributed by atoms with van der Waals surface area (Å²) in [5.41, 5.74) is 1.67. The zero-order chi connectivity index (χ0) is 24.8. The maximum Gasteiger partial charge on any atom is 0.326 e. The third-order valence-electron chi connectivity index (χ3n) is 6.45. The number of carbonyl (C=O) groups excluding carboxylic acids is 1. The van der Waals surface area contributed by atoms with Gasteiger partial charge in [0, 0.05) is 30.9 Å². The van der Waals surface area contributed by atoms with Crippen LogP contribution in [0.3, 0.4) is 0 Å². The monoisotopic (exact) mass is 506 g/mol. The Labute approximate surface area is 209 Å². The third kappa shape index (κ3) is 4.44. The van der Waals surface area contributed by atoms with E-state index in [0.717, 1.165) is 50.3 Å². The van der Waals surface area contributed by atoms with Crippen LogP contribution in [0.25, 0.3) is 22.3 Å². The van der Waals surface area contributed by atoms with Crippen molar-refractivity contribution in [1.82, 2.24) is 34.4 Å². The molecule has 1 aliphatic heterocycles. The van der Waals surface area contributed by atoms with Gasteiger partial charge < -0.3 is 19.9 Å². The first-order chi connectivity index (χ1) is 17.4. The summed E-state index contributed by atoms with van der Waals surface area (Å²) < 4.78 is 1.67. The first-order valence-electron chi connectivity index (χ1n) is 12.0. The number of nitrogens with one attached hydrogen (secondary N) is 2. The fourth-order valence-corrected chi connectivity index (χ4v) is 5.25. The van der Waals surface area contributed by atoms with Gasteiger partial charge in [-0.3, -0.25) is 14.8 Å². The number of aromatic hydroxyl groups is 1. The van der Waals surface area contributed by atoms with Crippen molar-refractivity contribution >= 4 is 29.0 Å². The molecule has 4 aromatic heterocycles. The number of carbonyl (C=O) groups is 1. The minimum absolute atomic E-state index is 0.0516. The summed E-state index contributed by atoms with van der Waals surface area (Å²) in [5.74, 6) is -0.199. The number of fused-ring (bicyclic) bond motifs is 1. The van der Waals surface area contributed by atoms with Crippen molar-refractivity contribution < 1.29 is 9.90 Å². The minimum Gasteiger partial charge on any atom is -0.493 e. The van der Waals surface area contributed by atoms with Crippen molar-refractivity contribution in [2.24, 2.45) is 4.99 Å². The average Bonchev–Trinajstić information content (AvgIpc) is 3.30. The van der Waals surface area contributed by atoms with E-state index in [9.17, 15) is 14.7 Å². The standard InChI is InChI=1S/C24H26N8O3S/c1-30-7-2-8-31(10-9-30)23(34)19-6-5-18(36-19)16-12-20(26-15-3-4-15)32-21(27-16)14(13-25-32)11-17-22(33)29-24(35)28-17/h5-6,11-13,15,33H,2-4,7-10H2,1H3,(H2,28,29,35). The largest absolute Gasteiger partial charge is 0.493 e. The van der Waals surface area contributed by atoms with Gasteiger partial charge in [0.1, 0.15) is 5.69 Å². The Hall–Kier alpha value is -3.77. The summed E-state index contributed by atoms with van der Waals surface area (Å²) in [6.07, 6.45) is 6.30. The highest BCUT2D eigenvalue weighted by atomic mass is 32.1. The van der Waals surface area contributed by atoms with Crippen LogP contribution in [0.15, 0.2) is 34.2 Å². The van der Waals surface area contributed by atoms with Crippen molar-refractivity contribution in [3.8, 4) is 16.5 Å². The van der Waals surface area contributed by atoms with Gasteiger partial charge in [-0.25, -0.2) is 9.78 Å². The second-order valence-electron chi connectivity index (χ2n) is 9.29. The first-order valence-corrected chi connectivity index (χ1v) is 12.8. The number of likely N-dealkylation sites (N-methyl/N-ethyl adjacent to an activating group) is 1. The Kier molecular flexibility index (Phi) is 5.69. The van der Waals surface area contributed by atoms with Crippen LogP contribution in [-0.2, 0) is 0 Å². The maximum atomic E-state index is 13.2. The quantitative estimate of drug-likeness (QED) is 0.370. The van der Waals surface area contributed by atoms with Gasteiger partial charge in [0.25, 0.3) is 5.91 Å². The normalized spacial score (nSPS) is 18.3. The lowest BCUT2D eigenvalue weighted by atomic mass is 10.3. The zero-order valence-corrected chi connectivity index (χ0v) is 20.6. The Morgan fingerprint density at radius 3 is 2.86 bits per heavy atom. The number of rotatable bonds is 4. The van der Waals surface area contributed by atoms with Gasteiger partial charge in [-0.2, -0.15) is 9.61 Å². The third-order valence-corrected chi connectivity index (χ3v) is 7.55. The first kappa shape index (κ1) is 22.7. The molecular formula is C24H26N8O3S. The number of hydrogen-bond acceptors (Lipinski definition) is 8. The lowest BCUT2D eigenvalue weighted by molar-refractivity contribution is 0.0767. The molecule has 186 valence electrons. The minimum atomic E-state index is -0.500. The summed E-state index contributed by atoms with van der Waals surface area (Å²) in [5, 5.41) is 15.1. The molecule has 2 aliphatic rings. The molecule has 0 spiro atoms. The van der Waals surface area contributed by atoms with Gasteiger partial charge in [0.15, 0.2) is 11.1 Å². The van der Waals surface area contributed by atoms with Crippen molar-refractivity contribution in [3.05, 3.63) is 56.2 Å². The molecule has 3 N–H and O–H groups in total. The number of imidazole rings is 1. The van der Waals surface area contributed by atoms with Crippen LogP contribution in [0.4, 0.5) is 0 Å². The highest BCUT2D eigenvalue weighted by Gasteiger charge is 2.22. The van der Waals surface area contributed by atoms with E-state index in [1.165, 1.54) is 11.3 Å². The van der Waals surface area contributed by atoms with Gasteiger partial charge in [-0.1, -0.05) is 0 Å². The number of aromatic nitrogens is 5. The van der Waals surface area contributed by atoms with Crippen LogP contribution in [0, 0.1) is 0 Å². The molecule has 11 nitrogen and oxygen atoms in total. The summed E-state index contributed by atoms with van der Waals surface area (Å²) >= 11 is 1.42. The summed E-state index contributed by atoms with van der Waals surface area (Å²) in [7, 11) is 2.08. The molecule has 2 fully saturated rings. The lowest BCUT2D eigenvalue weighted by Crippen LogP contribution is -2.34. The van der Waals surface area contributed by atoms with E-state index in [2.05, 4.69) is 27.0 Å². The summed E-state index contributed by atoms with van der Waals surface area (Å²) in [4.78, 5) is 45.0. The molecule has 12 heteroatoms. The van der Waals surface area contributed by atoms with E-state index in [-0.39, 0.29) is 23.5 Å². The van der Waals surface area contributed by atoms with Crippen LogP contribution in [0.2, 0.25) is 0 Å². The Bertz CT molecular complexity index is 1630. The highest BCUT2D eigenvalue weighted by molar-refractivity contribution is 7.17. The van der Waals surface area contributed by atoms with Crippen molar-refractivity contribution in [2.45, 2.75) is 25.3 Å². The van der Waals surface area contributed by atoms with E-state index >= 15 is 0 Å². The average molecular weight is 507 g/mol. The van der Waals surface area contributed by atoms with E-state index in [1.807, 2.05) is 23.1 Å². The fourth-order valence-electron chi connectivity index (χ4n) is 4.32. The number of thiophene rings is 1. The number of H-pyrrole nitrogens is 2. The molecule has 4 aromatic rings. The van der Waals surface area contributed by atoms with Crippen molar-refractivity contribution in [3.63, 3.8) is 0 Å². The molecule has 36 heavy (non-hydrogen) atoms. The van der Waals surface area contributed by atoms with Crippen LogP contribution in [0.5, 0.6) is 5.88 Å². The van der Waals surface area contributed by atoms with E-state index < -0.39 is 5.69 Å². The second-order valence-corrected chi connectivity index (χ2v) is 10.4. The van der Waals surface area contributed by atoms with Crippen molar-refractivity contribution in [2.75, 3.05) is 33.2 Å². The number of aromatic amines is 2. The smallest absolute Gasteiger partial charge is 0.326 e. The SMILES string of the molecule is CN1CCCN(C(=O)c2ccc(-c3cc(=NC4CC4)n4ncc(=Cc5[nH]c(=O)[nH]c5O)c4n3)s2)CC1. The van der Waals surface area contributed by atoms with Gasteiger partial charge in [0.2, 0.25) is 5.88 Å². The predicted octanol–water partition coefficient (Wildman–Crippen LogP) is 0.568. The topological polar surface area (TPSA) is 135 Å². The maximum absolute atomic E-state index is 13.2. The molecule has 1 amide bonds. The Balaban J connectivity index is 1.41.